The van der Waals surface area contributed by atoms with E-state index < -0.39 is 0 Å². The lowest BCUT2D eigenvalue weighted by molar-refractivity contribution is 0.101. The maximum Gasteiger partial charge on any atom is 0.159 e. The van der Waals surface area contributed by atoms with Crippen LogP contribution in [0, 0.1) is 11.8 Å². The molecule has 2 heteroatoms. The molecular formula is C16H23NO. The number of anilines is 1. The number of benzene rings is 1. The van der Waals surface area contributed by atoms with Crippen molar-refractivity contribution in [1.82, 2.24) is 0 Å². The minimum atomic E-state index is 0.130. The first-order valence-corrected chi connectivity index (χ1v) is 6.99. The summed E-state index contributed by atoms with van der Waals surface area (Å²) in [5, 5.41) is 3.62. The van der Waals surface area contributed by atoms with E-state index in [4.69, 9.17) is 0 Å². The van der Waals surface area contributed by atoms with Crippen LogP contribution in [0.2, 0.25) is 0 Å². The second kappa shape index (κ2) is 5.55. The van der Waals surface area contributed by atoms with E-state index in [1.54, 1.807) is 6.92 Å². The molecular weight excluding hydrogens is 222 g/mol. The SMILES string of the molecule is CCCC(Nc1cccc(C(C)=O)c1)C1CC1C. The second-order valence-electron chi connectivity index (χ2n) is 5.55. The maximum atomic E-state index is 11.4. The van der Waals surface area contributed by atoms with Gasteiger partial charge in [0.1, 0.15) is 0 Å². The van der Waals surface area contributed by atoms with Crippen molar-refractivity contribution >= 4 is 11.5 Å². The van der Waals surface area contributed by atoms with Gasteiger partial charge in [0, 0.05) is 17.3 Å². The summed E-state index contributed by atoms with van der Waals surface area (Å²) in [6, 6.07) is 8.42. The number of ketones is 1. The third-order valence-corrected chi connectivity index (χ3v) is 3.91. The van der Waals surface area contributed by atoms with Crippen LogP contribution in [0.1, 0.15) is 50.4 Å². The Labute approximate surface area is 110 Å². The van der Waals surface area contributed by atoms with Gasteiger partial charge in [0.15, 0.2) is 5.78 Å². The molecule has 1 saturated carbocycles. The number of hydrogen-bond acceptors (Lipinski definition) is 2. The largest absolute Gasteiger partial charge is 0.382 e. The van der Waals surface area contributed by atoms with Crippen LogP contribution in [0.5, 0.6) is 0 Å². The molecule has 1 aliphatic rings. The fraction of sp³-hybridized carbons (Fsp3) is 0.562. The van der Waals surface area contributed by atoms with E-state index in [2.05, 4.69) is 25.2 Å². The van der Waals surface area contributed by atoms with E-state index in [9.17, 15) is 4.79 Å². The summed E-state index contributed by atoms with van der Waals surface area (Å²) in [4.78, 5) is 11.4. The number of rotatable bonds is 6. The molecule has 3 atom stereocenters. The Morgan fingerprint density at radius 1 is 1.50 bits per heavy atom. The zero-order chi connectivity index (χ0) is 13.1. The highest BCUT2D eigenvalue weighted by molar-refractivity contribution is 5.94. The lowest BCUT2D eigenvalue weighted by atomic mass is 10.0. The van der Waals surface area contributed by atoms with Crippen LogP contribution < -0.4 is 5.32 Å². The van der Waals surface area contributed by atoms with Gasteiger partial charge >= 0.3 is 0 Å². The van der Waals surface area contributed by atoms with Gasteiger partial charge in [-0.2, -0.15) is 0 Å². The summed E-state index contributed by atoms with van der Waals surface area (Å²) in [6.45, 7) is 6.17. The number of carbonyl (C=O) groups excluding carboxylic acids is 1. The molecule has 2 nitrogen and oxygen atoms in total. The normalized spacial score (nSPS) is 23.5. The van der Waals surface area contributed by atoms with Crippen LogP contribution in [-0.2, 0) is 0 Å². The highest BCUT2D eigenvalue weighted by Gasteiger charge is 2.38. The lowest BCUT2D eigenvalue weighted by Gasteiger charge is -2.19. The van der Waals surface area contributed by atoms with Crippen molar-refractivity contribution in [3.05, 3.63) is 29.8 Å². The minimum Gasteiger partial charge on any atom is -0.382 e. The van der Waals surface area contributed by atoms with E-state index >= 15 is 0 Å². The Hall–Kier alpha value is -1.31. The molecule has 0 spiro atoms. The molecule has 3 unspecified atom stereocenters. The van der Waals surface area contributed by atoms with Crippen molar-refractivity contribution in [3.8, 4) is 0 Å². The van der Waals surface area contributed by atoms with Gasteiger partial charge in [-0.3, -0.25) is 4.79 Å². The molecule has 1 N–H and O–H groups in total. The lowest BCUT2D eigenvalue weighted by Crippen LogP contribution is -2.22. The van der Waals surface area contributed by atoms with Crippen LogP contribution in [0.3, 0.4) is 0 Å². The number of nitrogens with one attached hydrogen (secondary N) is 1. The molecule has 0 aromatic heterocycles. The quantitative estimate of drug-likeness (QED) is 0.764. The van der Waals surface area contributed by atoms with Gasteiger partial charge in [0.25, 0.3) is 0 Å². The third-order valence-electron chi connectivity index (χ3n) is 3.91. The summed E-state index contributed by atoms with van der Waals surface area (Å²) in [7, 11) is 0. The zero-order valence-electron chi connectivity index (χ0n) is 11.6. The maximum absolute atomic E-state index is 11.4. The summed E-state index contributed by atoms with van der Waals surface area (Å²) < 4.78 is 0. The van der Waals surface area contributed by atoms with Gasteiger partial charge in [0.2, 0.25) is 0 Å². The Kier molecular flexibility index (Phi) is 4.05. The van der Waals surface area contributed by atoms with E-state index in [0.29, 0.717) is 6.04 Å². The van der Waals surface area contributed by atoms with Crippen molar-refractivity contribution in [2.24, 2.45) is 11.8 Å². The van der Waals surface area contributed by atoms with Crippen LogP contribution in [0.4, 0.5) is 5.69 Å². The van der Waals surface area contributed by atoms with E-state index in [1.807, 2.05) is 18.2 Å². The molecule has 1 aromatic carbocycles. The van der Waals surface area contributed by atoms with Crippen molar-refractivity contribution < 1.29 is 4.79 Å². The first kappa shape index (κ1) is 13.1. The first-order chi connectivity index (χ1) is 8.61. The van der Waals surface area contributed by atoms with Gasteiger partial charge < -0.3 is 5.32 Å². The van der Waals surface area contributed by atoms with Crippen LogP contribution in [0.25, 0.3) is 0 Å². The Balaban J connectivity index is 2.06. The second-order valence-corrected chi connectivity index (χ2v) is 5.55. The topological polar surface area (TPSA) is 29.1 Å². The standard InChI is InChI=1S/C16H23NO/c1-4-6-16(15-9-11(15)2)17-14-8-5-7-13(10-14)12(3)18/h5,7-8,10-11,15-17H,4,6,9H2,1-3H3. The summed E-state index contributed by atoms with van der Waals surface area (Å²) in [5.74, 6) is 1.79. The Morgan fingerprint density at radius 2 is 2.22 bits per heavy atom. The van der Waals surface area contributed by atoms with E-state index in [-0.39, 0.29) is 5.78 Å². The van der Waals surface area contributed by atoms with Crippen molar-refractivity contribution in [3.63, 3.8) is 0 Å². The molecule has 0 amide bonds. The molecule has 0 heterocycles. The molecule has 1 aliphatic carbocycles. The predicted octanol–water partition coefficient (Wildman–Crippen LogP) is 4.13. The molecule has 0 radical (unpaired) electrons. The molecule has 1 fully saturated rings. The van der Waals surface area contributed by atoms with Crippen LogP contribution >= 0.6 is 0 Å². The monoisotopic (exact) mass is 245 g/mol. The summed E-state index contributed by atoms with van der Waals surface area (Å²) in [5.41, 5.74) is 1.87. The number of hydrogen-bond donors (Lipinski definition) is 1. The van der Waals surface area contributed by atoms with Gasteiger partial charge in [-0.1, -0.05) is 32.4 Å². The number of Topliss-reactive ketones (excluding diaryl/α,β-unsaturated/α-hetero) is 1. The molecule has 0 saturated heterocycles. The van der Waals surface area contributed by atoms with Gasteiger partial charge in [-0.05, 0) is 43.7 Å². The van der Waals surface area contributed by atoms with Crippen molar-refractivity contribution in [2.75, 3.05) is 5.32 Å². The van der Waals surface area contributed by atoms with Crippen molar-refractivity contribution in [2.45, 2.75) is 46.1 Å². The third kappa shape index (κ3) is 3.12. The Morgan fingerprint density at radius 3 is 2.78 bits per heavy atom. The molecule has 0 bridgehead atoms. The smallest absolute Gasteiger partial charge is 0.159 e. The van der Waals surface area contributed by atoms with Crippen molar-refractivity contribution in [1.29, 1.82) is 0 Å². The average Bonchev–Trinajstić information content (AvgIpc) is 3.06. The summed E-state index contributed by atoms with van der Waals surface area (Å²) in [6.07, 6.45) is 3.75. The molecule has 18 heavy (non-hydrogen) atoms. The van der Waals surface area contributed by atoms with E-state index in [1.165, 1.54) is 19.3 Å². The highest BCUT2D eigenvalue weighted by Crippen LogP contribution is 2.42. The van der Waals surface area contributed by atoms with Gasteiger partial charge in [-0.15, -0.1) is 0 Å². The molecule has 2 rings (SSSR count). The molecule has 1 aromatic rings. The zero-order valence-corrected chi connectivity index (χ0v) is 11.6. The van der Waals surface area contributed by atoms with E-state index in [0.717, 1.165) is 23.1 Å². The van der Waals surface area contributed by atoms with Crippen LogP contribution in [-0.4, -0.2) is 11.8 Å². The first-order valence-electron chi connectivity index (χ1n) is 6.99. The molecule has 98 valence electrons. The fourth-order valence-electron chi connectivity index (χ4n) is 2.66. The highest BCUT2D eigenvalue weighted by atomic mass is 16.1. The average molecular weight is 245 g/mol. The van der Waals surface area contributed by atoms with Gasteiger partial charge in [-0.25, -0.2) is 0 Å². The Bertz CT molecular complexity index is 427. The minimum absolute atomic E-state index is 0.130. The fourth-order valence-corrected chi connectivity index (χ4v) is 2.66. The number of carbonyl (C=O) groups is 1. The van der Waals surface area contributed by atoms with Gasteiger partial charge in [0.05, 0.1) is 0 Å². The van der Waals surface area contributed by atoms with Crippen LogP contribution in [0.15, 0.2) is 24.3 Å². The summed E-state index contributed by atoms with van der Waals surface area (Å²) >= 11 is 0. The molecule has 0 aliphatic heterocycles. The predicted molar refractivity (Wildman–Crippen MR) is 76.0 cm³/mol.